The number of nitrogens with zero attached hydrogens (tertiary/aromatic N) is 3. The summed E-state index contributed by atoms with van der Waals surface area (Å²) in [5.74, 6) is 0.589. The minimum Gasteiger partial charge on any atom is -0.489 e. The molecule has 1 saturated heterocycles. The van der Waals surface area contributed by atoms with Gasteiger partial charge in [-0.2, -0.15) is 0 Å². The highest BCUT2D eigenvalue weighted by Gasteiger charge is 2.41. The minimum atomic E-state index is -0.0879. The van der Waals surface area contributed by atoms with Crippen LogP contribution in [-0.2, 0) is 20.1 Å². The van der Waals surface area contributed by atoms with Gasteiger partial charge >= 0.3 is 0 Å². The number of pyridine rings is 1. The van der Waals surface area contributed by atoms with E-state index in [4.69, 9.17) is 4.74 Å². The second kappa shape index (κ2) is 7.92. The van der Waals surface area contributed by atoms with Crippen molar-refractivity contribution in [3.63, 3.8) is 0 Å². The molecule has 0 N–H and O–H groups in total. The molecule has 168 valence electrons. The zero-order valence-corrected chi connectivity index (χ0v) is 19.2. The van der Waals surface area contributed by atoms with E-state index in [2.05, 4.69) is 41.6 Å². The minimum absolute atomic E-state index is 0.0879. The van der Waals surface area contributed by atoms with Crippen molar-refractivity contribution < 1.29 is 4.74 Å². The summed E-state index contributed by atoms with van der Waals surface area (Å²) in [6.07, 6.45) is 5.47. The van der Waals surface area contributed by atoms with Crippen LogP contribution in [-0.4, -0.2) is 26.6 Å². The van der Waals surface area contributed by atoms with Gasteiger partial charge in [0.05, 0.1) is 11.2 Å². The molecule has 2 aromatic heterocycles. The first-order valence-corrected chi connectivity index (χ1v) is 11.9. The average molecular weight is 440 g/mol. The van der Waals surface area contributed by atoms with Crippen molar-refractivity contribution in [1.29, 1.82) is 0 Å². The molecule has 2 atom stereocenters. The fourth-order valence-electron chi connectivity index (χ4n) is 5.95. The SMILES string of the molecule is CCN1C2CCC1c1c(n(C)c3cc(-n4ccc(OCc5ccccc5)cc4=O)ccc13)C2. The molecule has 0 amide bonds. The van der Waals surface area contributed by atoms with Crippen LogP contribution in [0.15, 0.2) is 71.7 Å². The van der Waals surface area contributed by atoms with Gasteiger partial charge in [0.2, 0.25) is 0 Å². The lowest BCUT2D eigenvalue weighted by Gasteiger charge is -2.34. The topological polar surface area (TPSA) is 39.4 Å². The quantitative estimate of drug-likeness (QED) is 0.440. The Kier molecular flexibility index (Phi) is 4.88. The normalized spacial score (nSPS) is 19.7. The lowest BCUT2D eigenvalue weighted by molar-refractivity contribution is 0.186. The number of likely N-dealkylation sites (N-methyl/N-ethyl adjacent to an activating group) is 1. The molecular weight excluding hydrogens is 410 g/mol. The Labute approximate surface area is 193 Å². The van der Waals surface area contributed by atoms with Gasteiger partial charge in [-0.3, -0.25) is 14.3 Å². The summed E-state index contributed by atoms with van der Waals surface area (Å²) in [7, 11) is 2.18. The van der Waals surface area contributed by atoms with E-state index in [0.29, 0.717) is 24.4 Å². The van der Waals surface area contributed by atoms with E-state index in [9.17, 15) is 4.79 Å². The molecule has 5 heteroatoms. The van der Waals surface area contributed by atoms with Crippen LogP contribution in [0.1, 0.15) is 42.6 Å². The second-order valence-corrected chi connectivity index (χ2v) is 9.25. The van der Waals surface area contributed by atoms with E-state index in [1.807, 2.05) is 42.6 Å². The van der Waals surface area contributed by atoms with Crippen molar-refractivity contribution >= 4 is 10.9 Å². The van der Waals surface area contributed by atoms with Crippen molar-refractivity contribution in [2.24, 2.45) is 7.05 Å². The molecule has 4 heterocycles. The Bertz CT molecular complexity index is 1390. The standard InChI is InChI=1S/C28H29N3O2/c1-3-30-20-10-12-24(30)28-23-11-9-21(15-25(23)29(2)26(28)16-20)31-14-13-22(17-27(31)32)33-18-19-7-5-4-6-8-19/h4-9,11,13-15,17,20,24H,3,10,12,16,18H2,1-2H3. The maximum absolute atomic E-state index is 12.9. The molecule has 0 saturated carbocycles. The molecule has 0 aliphatic carbocycles. The van der Waals surface area contributed by atoms with Gasteiger partial charge in [-0.05, 0) is 48.7 Å². The fraction of sp³-hybridized carbons (Fsp3) is 0.321. The number of benzene rings is 2. The Balaban J connectivity index is 1.33. The number of aryl methyl sites for hydroxylation is 1. The molecule has 2 aliphatic rings. The van der Waals surface area contributed by atoms with Gasteiger partial charge < -0.3 is 9.30 Å². The van der Waals surface area contributed by atoms with Crippen LogP contribution >= 0.6 is 0 Å². The second-order valence-electron chi connectivity index (χ2n) is 9.25. The third-order valence-corrected chi connectivity index (χ3v) is 7.54. The van der Waals surface area contributed by atoms with Crippen molar-refractivity contribution in [2.75, 3.05) is 6.54 Å². The predicted octanol–water partition coefficient (Wildman–Crippen LogP) is 4.99. The van der Waals surface area contributed by atoms with E-state index in [0.717, 1.165) is 24.2 Å². The molecule has 6 rings (SSSR count). The van der Waals surface area contributed by atoms with Crippen molar-refractivity contribution in [2.45, 2.75) is 44.9 Å². The molecule has 2 aromatic carbocycles. The Morgan fingerprint density at radius 3 is 2.67 bits per heavy atom. The molecule has 1 fully saturated rings. The Hall–Kier alpha value is -3.31. The number of ether oxygens (including phenoxy) is 1. The van der Waals surface area contributed by atoms with Crippen LogP contribution in [0.3, 0.4) is 0 Å². The Morgan fingerprint density at radius 1 is 1.03 bits per heavy atom. The first-order chi connectivity index (χ1) is 16.1. The maximum Gasteiger partial charge on any atom is 0.258 e. The zero-order valence-electron chi connectivity index (χ0n) is 19.2. The van der Waals surface area contributed by atoms with Gasteiger partial charge in [0.25, 0.3) is 5.56 Å². The predicted molar refractivity (Wildman–Crippen MR) is 131 cm³/mol. The average Bonchev–Trinajstić information content (AvgIpc) is 3.29. The van der Waals surface area contributed by atoms with Gasteiger partial charge in [0, 0.05) is 48.9 Å². The van der Waals surface area contributed by atoms with Crippen LogP contribution in [0.5, 0.6) is 5.75 Å². The van der Waals surface area contributed by atoms with Crippen LogP contribution in [0.2, 0.25) is 0 Å². The van der Waals surface area contributed by atoms with Crippen LogP contribution < -0.4 is 10.3 Å². The van der Waals surface area contributed by atoms with E-state index in [-0.39, 0.29) is 5.56 Å². The molecular formula is C28H29N3O2. The van der Waals surface area contributed by atoms with Gasteiger partial charge in [0.1, 0.15) is 12.4 Å². The summed E-state index contributed by atoms with van der Waals surface area (Å²) >= 11 is 0. The van der Waals surface area contributed by atoms with E-state index in [1.54, 1.807) is 10.6 Å². The van der Waals surface area contributed by atoms with E-state index < -0.39 is 0 Å². The lowest BCUT2D eigenvalue weighted by Crippen LogP contribution is -2.37. The molecule has 5 nitrogen and oxygen atoms in total. The van der Waals surface area contributed by atoms with Crippen LogP contribution in [0.4, 0.5) is 0 Å². The largest absolute Gasteiger partial charge is 0.489 e. The number of hydrogen-bond donors (Lipinski definition) is 0. The summed E-state index contributed by atoms with van der Waals surface area (Å²) in [6, 6.07) is 21.1. The summed E-state index contributed by atoms with van der Waals surface area (Å²) in [5.41, 5.74) is 6.06. The number of aromatic nitrogens is 2. The number of rotatable bonds is 5. The summed E-state index contributed by atoms with van der Waals surface area (Å²) in [6.45, 7) is 3.83. The fourth-order valence-corrected chi connectivity index (χ4v) is 5.95. The molecule has 2 unspecified atom stereocenters. The molecule has 0 spiro atoms. The van der Waals surface area contributed by atoms with Crippen LogP contribution in [0.25, 0.3) is 16.6 Å². The molecule has 4 aromatic rings. The molecule has 0 radical (unpaired) electrons. The number of fused-ring (bicyclic) bond motifs is 6. The third kappa shape index (κ3) is 3.30. The highest BCUT2D eigenvalue weighted by molar-refractivity contribution is 5.88. The van der Waals surface area contributed by atoms with Gasteiger partial charge in [-0.1, -0.05) is 43.3 Å². The third-order valence-electron chi connectivity index (χ3n) is 7.54. The Morgan fingerprint density at radius 2 is 1.88 bits per heavy atom. The van der Waals surface area contributed by atoms with Crippen molar-refractivity contribution in [3.05, 3.63) is 94.0 Å². The molecule has 33 heavy (non-hydrogen) atoms. The first-order valence-electron chi connectivity index (χ1n) is 11.9. The van der Waals surface area contributed by atoms with Gasteiger partial charge in [-0.25, -0.2) is 0 Å². The highest BCUT2D eigenvalue weighted by atomic mass is 16.5. The van der Waals surface area contributed by atoms with Crippen LogP contribution in [0, 0.1) is 0 Å². The summed E-state index contributed by atoms with van der Waals surface area (Å²) in [5, 5.41) is 1.33. The zero-order chi connectivity index (χ0) is 22.5. The van der Waals surface area contributed by atoms with E-state index >= 15 is 0 Å². The lowest BCUT2D eigenvalue weighted by atomic mass is 9.97. The highest BCUT2D eigenvalue weighted by Crippen LogP contribution is 2.47. The van der Waals surface area contributed by atoms with E-state index in [1.165, 1.54) is 35.0 Å². The van der Waals surface area contributed by atoms with Gasteiger partial charge in [0.15, 0.2) is 0 Å². The summed E-state index contributed by atoms with van der Waals surface area (Å²) < 4.78 is 9.89. The van der Waals surface area contributed by atoms with Crippen molar-refractivity contribution in [1.82, 2.24) is 14.0 Å². The first kappa shape index (κ1) is 20.3. The smallest absolute Gasteiger partial charge is 0.258 e. The number of hydrogen-bond acceptors (Lipinski definition) is 3. The van der Waals surface area contributed by atoms with Gasteiger partial charge in [-0.15, -0.1) is 0 Å². The summed E-state index contributed by atoms with van der Waals surface area (Å²) in [4.78, 5) is 15.6. The maximum atomic E-state index is 12.9. The molecule has 2 bridgehead atoms. The van der Waals surface area contributed by atoms with Crippen molar-refractivity contribution in [3.8, 4) is 11.4 Å². The monoisotopic (exact) mass is 439 g/mol. The molecule has 2 aliphatic heterocycles.